The average Bonchev–Trinajstić information content (AvgIpc) is 3.31. The van der Waals surface area contributed by atoms with Gasteiger partial charge < -0.3 is 14.8 Å². The van der Waals surface area contributed by atoms with Crippen LogP contribution in [0.5, 0.6) is 0 Å². The molecule has 5 heteroatoms. The van der Waals surface area contributed by atoms with Gasteiger partial charge in [0.05, 0.1) is 17.8 Å². The number of benzene rings is 2. The van der Waals surface area contributed by atoms with Gasteiger partial charge in [0.25, 0.3) is 0 Å². The first kappa shape index (κ1) is 22.4. The Labute approximate surface area is 207 Å². The molecule has 0 bridgehead atoms. The SMILES string of the molecule is Cc1cccc(-n2c(C)cc([C@H]3[C@H](c4ccccn4)NC(=S)N3c3ccc(C)c(C)c3)c2C)c1. The maximum absolute atomic E-state index is 5.93. The van der Waals surface area contributed by atoms with Crippen LogP contribution in [0.25, 0.3) is 5.69 Å². The van der Waals surface area contributed by atoms with Crippen LogP contribution >= 0.6 is 12.2 Å². The molecule has 1 fully saturated rings. The summed E-state index contributed by atoms with van der Waals surface area (Å²) in [5, 5.41) is 4.32. The van der Waals surface area contributed by atoms with Gasteiger partial charge in [-0.25, -0.2) is 0 Å². The van der Waals surface area contributed by atoms with Crippen molar-refractivity contribution in [2.45, 2.75) is 46.7 Å². The summed E-state index contributed by atoms with van der Waals surface area (Å²) < 4.78 is 2.34. The van der Waals surface area contributed by atoms with Crippen LogP contribution < -0.4 is 10.2 Å². The van der Waals surface area contributed by atoms with Gasteiger partial charge in [-0.1, -0.05) is 24.3 Å². The predicted octanol–water partition coefficient (Wildman–Crippen LogP) is 6.59. The number of hydrogen-bond acceptors (Lipinski definition) is 2. The van der Waals surface area contributed by atoms with Crippen molar-refractivity contribution in [2.75, 3.05) is 4.90 Å². The van der Waals surface area contributed by atoms with Gasteiger partial charge in [0.2, 0.25) is 0 Å². The Kier molecular flexibility index (Phi) is 5.74. The summed E-state index contributed by atoms with van der Waals surface area (Å²) in [6.07, 6.45) is 1.85. The van der Waals surface area contributed by atoms with Crippen LogP contribution in [0.15, 0.2) is 72.9 Å². The second kappa shape index (κ2) is 8.73. The first-order chi connectivity index (χ1) is 16.3. The molecule has 4 aromatic rings. The normalized spacial score (nSPS) is 17.8. The maximum Gasteiger partial charge on any atom is 0.174 e. The van der Waals surface area contributed by atoms with Crippen LogP contribution in [0.1, 0.15) is 51.4 Å². The molecule has 2 atom stereocenters. The molecule has 34 heavy (non-hydrogen) atoms. The molecule has 0 saturated carbocycles. The summed E-state index contributed by atoms with van der Waals surface area (Å²) in [6.45, 7) is 10.8. The van der Waals surface area contributed by atoms with Gasteiger partial charge in [0, 0.05) is 29.0 Å². The van der Waals surface area contributed by atoms with E-state index in [4.69, 9.17) is 17.2 Å². The van der Waals surface area contributed by atoms with Crippen molar-refractivity contribution < 1.29 is 0 Å². The van der Waals surface area contributed by atoms with Gasteiger partial charge in [-0.2, -0.15) is 0 Å². The molecule has 1 N–H and O–H groups in total. The highest BCUT2D eigenvalue weighted by Gasteiger charge is 2.42. The van der Waals surface area contributed by atoms with Gasteiger partial charge in [-0.15, -0.1) is 0 Å². The number of pyridine rings is 1. The molecule has 1 aliphatic heterocycles. The van der Waals surface area contributed by atoms with Crippen LogP contribution in [0.4, 0.5) is 5.69 Å². The van der Waals surface area contributed by atoms with Crippen LogP contribution in [-0.4, -0.2) is 14.7 Å². The highest BCUT2D eigenvalue weighted by Crippen LogP contribution is 2.44. The zero-order chi connectivity index (χ0) is 24.0. The number of aromatic nitrogens is 2. The zero-order valence-corrected chi connectivity index (χ0v) is 21.1. The Morgan fingerprint density at radius 1 is 0.824 bits per heavy atom. The lowest BCUT2D eigenvalue weighted by atomic mass is 9.96. The third kappa shape index (κ3) is 3.80. The van der Waals surface area contributed by atoms with E-state index in [0.717, 1.165) is 16.5 Å². The predicted molar refractivity (Wildman–Crippen MR) is 144 cm³/mol. The van der Waals surface area contributed by atoms with Crippen molar-refractivity contribution in [3.8, 4) is 5.69 Å². The van der Waals surface area contributed by atoms with Crippen molar-refractivity contribution in [1.29, 1.82) is 0 Å². The molecule has 3 heterocycles. The summed E-state index contributed by atoms with van der Waals surface area (Å²) in [7, 11) is 0. The number of nitrogens with one attached hydrogen (secondary N) is 1. The largest absolute Gasteiger partial charge is 0.351 e. The monoisotopic (exact) mass is 466 g/mol. The Hall–Kier alpha value is -3.44. The number of rotatable bonds is 4. The minimum Gasteiger partial charge on any atom is -0.351 e. The summed E-state index contributed by atoms with van der Waals surface area (Å²) in [5.74, 6) is 0. The van der Waals surface area contributed by atoms with Crippen LogP contribution in [0.3, 0.4) is 0 Å². The molecule has 0 amide bonds. The fourth-order valence-electron chi connectivity index (χ4n) is 5.08. The van der Waals surface area contributed by atoms with Gasteiger partial charge in [0.15, 0.2) is 5.11 Å². The summed E-state index contributed by atoms with van der Waals surface area (Å²) in [4.78, 5) is 6.97. The fraction of sp³-hybridized carbons (Fsp3) is 0.241. The van der Waals surface area contributed by atoms with E-state index < -0.39 is 0 Å². The standard InChI is InChI=1S/C29H30N4S/c1-18-9-8-10-23(15-18)32-21(4)17-25(22(32)5)28-27(26-11-6-7-14-30-26)31-29(34)33(28)24-13-12-19(2)20(3)16-24/h6-17,27-28H,1-5H3,(H,31,34)/t27-,28-/m0/s1. The average molecular weight is 467 g/mol. The van der Waals surface area contributed by atoms with Crippen molar-refractivity contribution in [3.63, 3.8) is 0 Å². The second-order valence-electron chi connectivity index (χ2n) is 9.27. The van der Waals surface area contributed by atoms with Gasteiger partial charge in [-0.05, 0) is 112 Å². The minimum absolute atomic E-state index is 0.0192. The molecule has 1 saturated heterocycles. The van der Waals surface area contributed by atoms with E-state index in [1.54, 1.807) is 0 Å². The molecule has 2 aromatic heterocycles. The lowest BCUT2D eigenvalue weighted by Crippen LogP contribution is -2.29. The first-order valence-electron chi connectivity index (χ1n) is 11.7. The lowest BCUT2D eigenvalue weighted by Gasteiger charge is -2.28. The maximum atomic E-state index is 5.93. The Morgan fingerprint density at radius 3 is 2.35 bits per heavy atom. The number of hydrogen-bond donors (Lipinski definition) is 1. The molecule has 0 radical (unpaired) electrons. The topological polar surface area (TPSA) is 33.1 Å². The highest BCUT2D eigenvalue weighted by molar-refractivity contribution is 7.80. The third-order valence-electron chi connectivity index (χ3n) is 6.92. The molecule has 5 rings (SSSR count). The lowest BCUT2D eigenvalue weighted by molar-refractivity contribution is 0.565. The Balaban J connectivity index is 1.69. The molecule has 172 valence electrons. The van der Waals surface area contributed by atoms with Gasteiger partial charge in [-0.3, -0.25) is 4.98 Å². The summed E-state index contributed by atoms with van der Waals surface area (Å²) in [6, 6.07) is 23.5. The third-order valence-corrected chi connectivity index (χ3v) is 7.23. The van der Waals surface area contributed by atoms with Crippen molar-refractivity contribution in [3.05, 3.63) is 112 Å². The summed E-state index contributed by atoms with van der Waals surface area (Å²) >= 11 is 5.93. The molecule has 1 aliphatic rings. The Morgan fingerprint density at radius 2 is 1.65 bits per heavy atom. The quantitative estimate of drug-likeness (QED) is 0.344. The molecule has 0 unspecified atom stereocenters. The van der Waals surface area contributed by atoms with E-state index in [1.165, 1.54) is 39.3 Å². The number of thiocarbonyl (C=S) groups is 1. The molecular formula is C29H30N4S. The molecule has 0 aliphatic carbocycles. The van der Waals surface area contributed by atoms with E-state index >= 15 is 0 Å². The van der Waals surface area contributed by atoms with Crippen molar-refractivity contribution in [2.24, 2.45) is 0 Å². The minimum atomic E-state index is -0.0539. The van der Waals surface area contributed by atoms with Crippen LogP contribution in [0.2, 0.25) is 0 Å². The van der Waals surface area contributed by atoms with E-state index in [9.17, 15) is 0 Å². The van der Waals surface area contributed by atoms with Crippen LogP contribution in [-0.2, 0) is 0 Å². The Bertz CT molecular complexity index is 1370. The molecule has 0 spiro atoms. The number of aryl methyl sites for hydroxylation is 4. The van der Waals surface area contributed by atoms with E-state index in [-0.39, 0.29) is 12.1 Å². The molecule has 2 aromatic carbocycles. The van der Waals surface area contributed by atoms with Gasteiger partial charge >= 0.3 is 0 Å². The molecule has 4 nitrogen and oxygen atoms in total. The van der Waals surface area contributed by atoms with E-state index in [0.29, 0.717) is 0 Å². The first-order valence-corrected chi connectivity index (χ1v) is 12.1. The van der Waals surface area contributed by atoms with Gasteiger partial charge in [0.1, 0.15) is 0 Å². The second-order valence-corrected chi connectivity index (χ2v) is 9.65. The van der Waals surface area contributed by atoms with Crippen LogP contribution in [0, 0.1) is 34.6 Å². The summed E-state index contributed by atoms with van der Waals surface area (Å²) in [5.41, 5.74) is 10.7. The van der Waals surface area contributed by atoms with Crippen molar-refractivity contribution >= 4 is 23.0 Å². The number of anilines is 1. The molecular weight excluding hydrogens is 436 g/mol. The highest BCUT2D eigenvalue weighted by atomic mass is 32.1. The van der Waals surface area contributed by atoms with E-state index in [1.807, 2.05) is 18.3 Å². The fourth-order valence-corrected chi connectivity index (χ4v) is 5.42. The number of nitrogens with zero attached hydrogens (tertiary/aromatic N) is 3. The van der Waals surface area contributed by atoms with E-state index in [2.05, 4.69) is 104 Å². The van der Waals surface area contributed by atoms with Crippen molar-refractivity contribution in [1.82, 2.24) is 14.9 Å². The zero-order valence-electron chi connectivity index (χ0n) is 20.3. The smallest absolute Gasteiger partial charge is 0.174 e.